The highest BCUT2D eigenvalue weighted by Gasteiger charge is 2.02. The van der Waals surface area contributed by atoms with Crippen LogP contribution in [0.3, 0.4) is 0 Å². The van der Waals surface area contributed by atoms with E-state index < -0.39 is 0 Å². The lowest BCUT2D eigenvalue weighted by Gasteiger charge is -2.04. The van der Waals surface area contributed by atoms with Crippen LogP contribution in [0.2, 0.25) is 0 Å². The van der Waals surface area contributed by atoms with Crippen molar-refractivity contribution in [2.24, 2.45) is 0 Å². The molecule has 0 saturated heterocycles. The first-order chi connectivity index (χ1) is 7.16. The van der Waals surface area contributed by atoms with Gasteiger partial charge in [0, 0.05) is 23.6 Å². The van der Waals surface area contributed by atoms with Crippen molar-refractivity contribution in [1.82, 2.24) is 14.6 Å². The smallest absolute Gasteiger partial charge is 0.274 e. The van der Waals surface area contributed by atoms with Crippen molar-refractivity contribution in [3.63, 3.8) is 0 Å². The molecule has 5 heteroatoms. The first kappa shape index (κ1) is 10.3. The lowest BCUT2D eigenvalue weighted by Crippen LogP contribution is -2.15. The summed E-state index contributed by atoms with van der Waals surface area (Å²) in [6, 6.07) is 3.40. The van der Waals surface area contributed by atoms with E-state index in [2.05, 4.69) is 23.9 Å². The highest BCUT2D eigenvalue weighted by atomic mass is 32.2. The molecule has 4 nitrogen and oxygen atoms in total. The number of fused-ring (bicyclic) bond motifs is 1. The molecule has 2 heterocycles. The molecular formula is C10H13N3OS. The van der Waals surface area contributed by atoms with Gasteiger partial charge in [0.2, 0.25) is 0 Å². The zero-order chi connectivity index (χ0) is 10.8. The molecule has 0 radical (unpaired) electrons. The minimum Gasteiger partial charge on any atom is -0.343 e. The van der Waals surface area contributed by atoms with Crippen molar-refractivity contribution in [2.45, 2.75) is 24.9 Å². The van der Waals surface area contributed by atoms with Gasteiger partial charge in [-0.1, -0.05) is 13.8 Å². The molecule has 2 aromatic rings. The maximum absolute atomic E-state index is 11.6. The Morgan fingerprint density at radius 3 is 3.13 bits per heavy atom. The van der Waals surface area contributed by atoms with Crippen LogP contribution in [-0.4, -0.2) is 19.8 Å². The van der Waals surface area contributed by atoms with Crippen molar-refractivity contribution in [3.05, 3.63) is 34.4 Å². The number of nitrogens with one attached hydrogen (secondary N) is 1. The van der Waals surface area contributed by atoms with Crippen LogP contribution in [0.1, 0.15) is 19.5 Å². The molecule has 2 rings (SSSR count). The largest absolute Gasteiger partial charge is 0.343 e. The lowest BCUT2D eigenvalue weighted by molar-refractivity contribution is 0.888. The maximum atomic E-state index is 11.6. The van der Waals surface area contributed by atoms with E-state index in [1.165, 1.54) is 4.52 Å². The van der Waals surface area contributed by atoms with E-state index in [0.717, 1.165) is 17.1 Å². The minimum absolute atomic E-state index is 0.0758. The van der Waals surface area contributed by atoms with Crippen molar-refractivity contribution in [1.29, 1.82) is 0 Å². The zero-order valence-electron chi connectivity index (χ0n) is 8.73. The maximum Gasteiger partial charge on any atom is 0.274 e. The van der Waals surface area contributed by atoms with E-state index in [4.69, 9.17) is 0 Å². The van der Waals surface area contributed by atoms with Crippen LogP contribution in [0, 0.1) is 0 Å². The van der Waals surface area contributed by atoms with Crippen LogP contribution >= 0.6 is 11.8 Å². The summed E-state index contributed by atoms with van der Waals surface area (Å²) in [6.07, 6.45) is 1.62. The molecule has 1 N–H and O–H groups in total. The fraction of sp³-hybridized carbons (Fsp3) is 0.400. The molecule has 0 aromatic carbocycles. The number of rotatable bonds is 3. The Labute approximate surface area is 91.7 Å². The molecule has 0 spiro atoms. The predicted molar refractivity (Wildman–Crippen MR) is 62.2 cm³/mol. The van der Waals surface area contributed by atoms with E-state index in [0.29, 0.717) is 5.25 Å². The number of nitrogens with zero attached hydrogens (tertiary/aromatic N) is 2. The molecule has 0 bridgehead atoms. The average molecular weight is 223 g/mol. The van der Waals surface area contributed by atoms with Gasteiger partial charge in [-0.15, -0.1) is 0 Å². The van der Waals surface area contributed by atoms with E-state index in [1.54, 1.807) is 30.1 Å². The van der Waals surface area contributed by atoms with Gasteiger partial charge in [0.15, 0.2) is 0 Å². The molecule has 0 aliphatic carbocycles. The molecule has 0 aliphatic heterocycles. The molecule has 0 saturated carbocycles. The van der Waals surface area contributed by atoms with Crippen LogP contribution in [0.15, 0.2) is 23.1 Å². The second kappa shape index (κ2) is 4.10. The van der Waals surface area contributed by atoms with Crippen molar-refractivity contribution >= 4 is 17.4 Å². The Bertz CT molecular complexity index is 515. The fourth-order valence-electron chi connectivity index (χ4n) is 1.32. The first-order valence-electron chi connectivity index (χ1n) is 4.84. The quantitative estimate of drug-likeness (QED) is 0.861. The Hall–Kier alpha value is -1.23. The van der Waals surface area contributed by atoms with E-state index in [-0.39, 0.29) is 5.56 Å². The Kier molecular flexibility index (Phi) is 2.81. The predicted octanol–water partition coefficient (Wildman–Crippen LogP) is 1.66. The number of thioether (sulfide) groups is 1. The van der Waals surface area contributed by atoms with Gasteiger partial charge < -0.3 is 4.98 Å². The van der Waals surface area contributed by atoms with Crippen molar-refractivity contribution < 1.29 is 0 Å². The Morgan fingerprint density at radius 2 is 2.40 bits per heavy atom. The average Bonchev–Trinajstić information content (AvgIpc) is 2.63. The molecule has 15 heavy (non-hydrogen) atoms. The van der Waals surface area contributed by atoms with Gasteiger partial charge in [0.1, 0.15) is 5.65 Å². The molecule has 80 valence electrons. The van der Waals surface area contributed by atoms with Crippen LogP contribution in [0.5, 0.6) is 0 Å². The summed E-state index contributed by atoms with van der Waals surface area (Å²) in [4.78, 5) is 14.8. The highest BCUT2D eigenvalue weighted by molar-refractivity contribution is 7.99. The monoisotopic (exact) mass is 223 g/mol. The summed E-state index contributed by atoms with van der Waals surface area (Å²) < 4.78 is 1.36. The van der Waals surface area contributed by atoms with Crippen molar-refractivity contribution in [3.8, 4) is 0 Å². The first-order valence-corrected chi connectivity index (χ1v) is 5.89. The summed E-state index contributed by atoms with van der Waals surface area (Å²) in [5.41, 5.74) is 1.63. The third-order valence-electron chi connectivity index (χ3n) is 2.01. The molecular weight excluding hydrogens is 210 g/mol. The van der Waals surface area contributed by atoms with E-state index >= 15 is 0 Å². The highest BCUT2D eigenvalue weighted by Crippen LogP contribution is 2.14. The fourth-order valence-corrected chi connectivity index (χ4v) is 1.99. The number of H-pyrrole nitrogens is 1. The Morgan fingerprint density at radius 1 is 1.60 bits per heavy atom. The molecule has 0 fully saturated rings. The molecule has 0 unspecified atom stereocenters. The minimum atomic E-state index is -0.0758. The van der Waals surface area contributed by atoms with Crippen LogP contribution < -0.4 is 5.56 Å². The molecule has 2 aromatic heterocycles. The summed E-state index contributed by atoms with van der Waals surface area (Å²) in [7, 11) is 0. The van der Waals surface area contributed by atoms with Gasteiger partial charge in [-0.05, 0) is 5.25 Å². The van der Waals surface area contributed by atoms with Gasteiger partial charge in [-0.2, -0.15) is 21.4 Å². The van der Waals surface area contributed by atoms with Gasteiger partial charge in [-0.25, -0.2) is 0 Å². The third-order valence-corrected chi connectivity index (χ3v) is 3.15. The molecule has 0 amide bonds. The van der Waals surface area contributed by atoms with Gasteiger partial charge in [0.05, 0.1) is 6.20 Å². The van der Waals surface area contributed by atoms with Crippen LogP contribution in [0.4, 0.5) is 0 Å². The molecule has 0 atom stereocenters. The second-order valence-corrected chi connectivity index (χ2v) is 5.19. The second-order valence-electron chi connectivity index (χ2n) is 3.62. The van der Waals surface area contributed by atoms with Gasteiger partial charge >= 0.3 is 0 Å². The normalized spacial score (nSPS) is 11.4. The number of aromatic amines is 1. The summed E-state index contributed by atoms with van der Waals surface area (Å²) in [5, 5.41) is 4.49. The number of hydrogen-bond acceptors (Lipinski definition) is 3. The van der Waals surface area contributed by atoms with E-state index in [9.17, 15) is 4.79 Å². The standard InChI is InChI=1S/C10H13N3OS/c1-7(2)15-6-8-5-10(14)13-9(12-8)3-4-11-13/h3-5,7,12H,6H2,1-2H3. The third kappa shape index (κ3) is 2.23. The summed E-state index contributed by atoms with van der Waals surface area (Å²) in [6.45, 7) is 4.28. The lowest BCUT2D eigenvalue weighted by atomic mass is 10.4. The SMILES string of the molecule is CC(C)SCc1cc(=O)n2nccc2[nH]1. The molecule has 0 aliphatic rings. The van der Waals surface area contributed by atoms with Crippen molar-refractivity contribution in [2.75, 3.05) is 0 Å². The topological polar surface area (TPSA) is 50.2 Å². The van der Waals surface area contributed by atoms with E-state index in [1.807, 2.05) is 0 Å². The summed E-state index contributed by atoms with van der Waals surface area (Å²) >= 11 is 1.80. The summed E-state index contributed by atoms with van der Waals surface area (Å²) in [5.74, 6) is 0.828. The zero-order valence-corrected chi connectivity index (χ0v) is 9.54. The Balaban J connectivity index is 2.33. The van der Waals surface area contributed by atoms with Gasteiger partial charge in [-0.3, -0.25) is 4.79 Å². The number of hydrogen-bond donors (Lipinski definition) is 1. The van der Waals surface area contributed by atoms with Crippen LogP contribution in [0.25, 0.3) is 5.65 Å². The van der Waals surface area contributed by atoms with Crippen LogP contribution in [-0.2, 0) is 5.75 Å². The number of aromatic nitrogens is 3. The van der Waals surface area contributed by atoms with Gasteiger partial charge in [0.25, 0.3) is 5.56 Å².